The summed E-state index contributed by atoms with van der Waals surface area (Å²) in [6.07, 6.45) is 0.683. The van der Waals surface area contributed by atoms with Crippen molar-refractivity contribution in [2.75, 3.05) is 11.9 Å². The number of nitrogens with one attached hydrogen (secondary N) is 2. The first-order chi connectivity index (χ1) is 9.49. The molecule has 0 fully saturated rings. The summed E-state index contributed by atoms with van der Waals surface area (Å²) < 4.78 is 26.3. The minimum Gasteiger partial charge on any atom is -0.326 e. The topological polar surface area (TPSA) is 127 Å². The number of nitrogens with zero attached hydrogens (tertiary/aromatic N) is 2. The Hall–Kier alpha value is -1.10. The molecule has 0 aromatic carbocycles. The minimum absolute atomic E-state index is 0.0200. The van der Waals surface area contributed by atoms with E-state index in [0.29, 0.717) is 6.42 Å². The van der Waals surface area contributed by atoms with Crippen LogP contribution in [0, 0.1) is 5.41 Å². The van der Waals surface area contributed by atoms with Crippen molar-refractivity contribution in [2.45, 2.75) is 44.5 Å². The Labute approximate surface area is 128 Å². The summed E-state index contributed by atoms with van der Waals surface area (Å²) in [5.74, 6) is -0.338. The van der Waals surface area contributed by atoms with Crippen LogP contribution in [0.15, 0.2) is 4.34 Å². The average Bonchev–Trinajstić information content (AvgIpc) is 2.72. The van der Waals surface area contributed by atoms with Gasteiger partial charge in [-0.2, -0.15) is 0 Å². The van der Waals surface area contributed by atoms with Crippen molar-refractivity contribution < 1.29 is 13.2 Å². The van der Waals surface area contributed by atoms with Gasteiger partial charge in [0, 0.05) is 19.5 Å². The minimum atomic E-state index is -3.76. The quantitative estimate of drug-likeness (QED) is 0.651. The van der Waals surface area contributed by atoms with Crippen molar-refractivity contribution in [3.63, 3.8) is 0 Å². The molecule has 1 unspecified atom stereocenters. The van der Waals surface area contributed by atoms with E-state index in [2.05, 4.69) is 20.2 Å². The molecule has 0 aliphatic carbocycles. The predicted molar refractivity (Wildman–Crippen MR) is 81.4 cm³/mol. The third-order valence-electron chi connectivity index (χ3n) is 2.33. The lowest BCUT2D eigenvalue weighted by atomic mass is 9.88. The second kappa shape index (κ2) is 6.77. The van der Waals surface area contributed by atoms with Gasteiger partial charge >= 0.3 is 0 Å². The van der Waals surface area contributed by atoms with Crippen LogP contribution in [0.1, 0.15) is 34.1 Å². The fourth-order valence-electron chi connectivity index (χ4n) is 1.66. The van der Waals surface area contributed by atoms with Gasteiger partial charge in [0.05, 0.1) is 0 Å². The number of carbonyl (C=O) groups is 1. The molecule has 0 saturated carbocycles. The number of aromatic nitrogens is 2. The Bertz CT molecular complexity index is 591. The lowest BCUT2D eigenvalue weighted by Crippen LogP contribution is -2.39. The third-order valence-corrected chi connectivity index (χ3v) is 4.96. The second-order valence-electron chi connectivity index (χ2n) is 5.93. The van der Waals surface area contributed by atoms with Crippen LogP contribution in [0.5, 0.6) is 0 Å². The molecule has 0 radical (unpaired) electrons. The SMILES string of the molecule is CC(=O)Nc1nnc(S(=O)(=O)NCC(N)CC(C)(C)C)s1. The molecule has 0 spiro atoms. The number of rotatable bonds is 6. The van der Waals surface area contributed by atoms with E-state index in [1.807, 2.05) is 20.8 Å². The molecule has 0 aliphatic heterocycles. The lowest BCUT2D eigenvalue weighted by molar-refractivity contribution is -0.114. The van der Waals surface area contributed by atoms with Gasteiger partial charge < -0.3 is 11.1 Å². The van der Waals surface area contributed by atoms with Crippen LogP contribution in [-0.4, -0.2) is 37.1 Å². The monoisotopic (exact) mass is 335 g/mol. The Kier molecular flexibility index (Phi) is 5.79. The molecule has 0 saturated heterocycles. The van der Waals surface area contributed by atoms with E-state index in [4.69, 9.17) is 5.73 Å². The van der Waals surface area contributed by atoms with Gasteiger partial charge in [-0.1, -0.05) is 32.1 Å². The van der Waals surface area contributed by atoms with Gasteiger partial charge in [-0.3, -0.25) is 4.79 Å². The molecule has 10 heteroatoms. The Balaban J connectivity index is 2.65. The summed E-state index contributed by atoms with van der Waals surface area (Å²) in [5.41, 5.74) is 5.92. The molecule has 120 valence electrons. The highest BCUT2D eigenvalue weighted by Crippen LogP contribution is 2.21. The summed E-state index contributed by atoms with van der Waals surface area (Å²) >= 11 is 0.788. The number of anilines is 1. The summed E-state index contributed by atoms with van der Waals surface area (Å²) in [5, 5.41) is 9.67. The maximum Gasteiger partial charge on any atom is 0.269 e. The van der Waals surface area contributed by atoms with Gasteiger partial charge in [0.25, 0.3) is 10.0 Å². The molecule has 1 aromatic rings. The summed E-state index contributed by atoms with van der Waals surface area (Å²) in [4.78, 5) is 10.9. The average molecular weight is 335 g/mol. The van der Waals surface area contributed by atoms with Gasteiger partial charge in [0.15, 0.2) is 0 Å². The molecule has 21 heavy (non-hydrogen) atoms. The Morgan fingerprint density at radius 1 is 1.38 bits per heavy atom. The van der Waals surface area contributed by atoms with Crippen LogP contribution in [0.2, 0.25) is 0 Å². The highest BCUT2D eigenvalue weighted by atomic mass is 32.2. The summed E-state index contributed by atoms with van der Waals surface area (Å²) in [7, 11) is -3.76. The van der Waals surface area contributed by atoms with E-state index < -0.39 is 10.0 Å². The van der Waals surface area contributed by atoms with Crippen molar-refractivity contribution in [3.8, 4) is 0 Å². The Morgan fingerprint density at radius 2 is 2.00 bits per heavy atom. The fourth-order valence-corrected chi connectivity index (χ4v) is 3.74. The highest BCUT2D eigenvalue weighted by Gasteiger charge is 2.22. The molecule has 1 heterocycles. The molecular formula is C11H21N5O3S2. The first-order valence-electron chi connectivity index (χ1n) is 6.36. The number of carbonyl (C=O) groups excluding carboxylic acids is 1. The highest BCUT2D eigenvalue weighted by molar-refractivity contribution is 7.91. The van der Waals surface area contributed by atoms with E-state index in [1.165, 1.54) is 6.92 Å². The second-order valence-corrected chi connectivity index (χ2v) is 8.85. The van der Waals surface area contributed by atoms with Gasteiger partial charge in [-0.15, -0.1) is 10.2 Å². The van der Waals surface area contributed by atoms with Gasteiger partial charge in [0.2, 0.25) is 15.4 Å². The van der Waals surface area contributed by atoms with Crippen LogP contribution < -0.4 is 15.8 Å². The maximum atomic E-state index is 12.0. The first kappa shape index (κ1) is 18.0. The van der Waals surface area contributed by atoms with Crippen molar-refractivity contribution in [2.24, 2.45) is 11.1 Å². The smallest absolute Gasteiger partial charge is 0.269 e. The third kappa shape index (κ3) is 6.46. The largest absolute Gasteiger partial charge is 0.326 e. The zero-order valence-corrected chi connectivity index (χ0v) is 14.1. The van der Waals surface area contributed by atoms with Crippen LogP contribution in [0.25, 0.3) is 0 Å². The van der Waals surface area contributed by atoms with Gasteiger partial charge in [-0.05, 0) is 11.8 Å². The zero-order chi connectivity index (χ0) is 16.3. The fraction of sp³-hybridized carbons (Fsp3) is 0.727. The van der Waals surface area contributed by atoms with Crippen LogP contribution in [0.4, 0.5) is 5.13 Å². The molecular weight excluding hydrogens is 314 g/mol. The zero-order valence-electron chi connectivity index (χ0n) is 12.5. The first-order valence-corrected chi connectivity index (χ1v) is 8.66. The van der Waals surface area contributed by atoms with E-state index in [0.717, 1.165) is 11.3 Å². The standard InChI is InChI=1S/C11H21N5O3S2/c1-7(17)14-9-15-16-10(20-9)21(18,19)13-6-8(12)5-11(2,3)4/h8,13H,5-6,12H2,1-4H3,(H,14,15,17). The van der Waals surface area contributed by atoms with Gasteiger partial charge in [-0.25, -0.2) is 13.1 Å². The molecule has 4 N–H and O–H groups in total. The number of hydrogen-bond donors (Lipinski definition) is 3. The van der Waals surface area contributed by atoms with Gasteiger partial charge in [0.1, 0.15) is 0 Å². The number of amides is 1. The molecule has 1 amide bonds. The number of hydrogen-bond acceptors (Lipinski definition) is 7. The molecule has 0 aliphatic rings. The Morgan fingerprint density at radius 3 is 2.52 bits per heavy atom. The summed E-state index contributed by atoms with van der Waals surface area (Å²) in [6, 6.07) is -0.289. The molecule has 1 rings (SSSR count). The van der Waals surface area contributed by atoms with E-state index in [9.17, 15) is 13.2 Å². The van der Waals surface area contributed by atoms with Crippen molar-refractivity contribution >= 4 is 32.4 Å². The van der Waals surface area contributed by atoms with Crippen molar-refractivity contribution in [1.29, 1.82) is 0 Å². The van der Waals surface area contributed by atoms with Crippen molar-refractivity contribution in [1.82, 2.24) is 14.9 Å². The molecule has 0 bridgehead atoms. The van der Waals surface area contributed by atoms with Crippen molar-refractivity contribution in [3.05, 3.63) is 0 Å². The summed E-state index contributed by atoms with van der Waals surface area (Å²) in [6.45, 7) is 7.53. The number of nitrogens with two attached hydrogens (primary N) is 1. The number of sulfonamides is 1. The van der Waals surface area contributed by atoms with Crippen LogP contribution in [0.3, 0.4) is 0 Å². The molecule has 1 aromatic heterocycles. The maximum absolute atomic E-state index is 12.0. The van der Waals surface area contributed by atoms with E-state index in [1.54, 1.807) is 0 Å². The molecule has 1 atom stereocenters. The van der Waals surface area contributed by atoms with Crippen LogP contribution in [-0.2, 0) is 14.8 Å². The van der Waals surface area contributed by atoms with E-state index in [-0.39, 0.29) is 33.4 Å². The predicted octanol–water partition coefficient (Wildman–Crippen LogP) is 0.538. The van der Waals surface area contributed by atoms with E-state index >= 15 is 0 Å². The van der Waals surface area contributed by atoms with Crippen LogP contribution >= 0.6 is 11.3 Å². The lowest BCUT2D eigenvalue weighted by Gasteiger charge is -2.23. The molecule has 8 nitrogen and oxygen atoms in total. The normalized spacial score (nSPS) is 14.0.